The molecule has 1 aromatic rings. The highest BCUT2D eigenvalue weighted by molar-refractivity contribution is 8.00. The number of rotatable bonds is 6. The fraction of sp³-hybridized carbons (Fsp3) is 0.625. The van der Waals surface area contributed by atoms with E-state index in [0.717, 1.165) is 29.2 Å². The minimum Gasteiger partial charge on any atom is -0.490 e. The van der Waals surface area contributed by atoms with Crippen molar-refractivity contribution in [1.82, 2.24) is 0 Å². The van der Waals surface area contributed by atoms with Gasteiger partial charge in [0.05, 0.1) is 19.8 Å². The lowest BCUT2D eigenvalue weighted by Crippen LogP contribution is -2.36. The summed E-state index contributed by atoms with van der Waals surface area (Å²) in [5.74, 6) is 2.11. The molecule has 2 unspecified atom stereocenters. The van der Waals surface area contributed by atoms with E-state index < -0.39 is 0 Å². The molecule has 0 bridgehead atoms. The normalized spacial score (nSPS) is 17.4. The molecule has 0 radical (unpaired) electrons. The Morgan fingerprint density at radius 2 is 1.95 bits per heavy atom. The Balaban J connectivity index is 2.05. The van der Waals surface area contributed by atoms with Gasteiger partial charge in [0.2, 0.25) is 0 Å². The highest BCUT2D eigenvalue weighted by atomic mass is 32.2. The zero-order chi connectivity index (χ0) is 15.2. The van der Waals surface area contributed by atoms with E-state index in [1.807, 2.05) is 18.2 Å². The molecule has 4 nitrogen and oxygen atoms in total. The number of hydrogen-bond donors (Lipinski definition) is 2. The highest BCUT2D eigenvalue weighted by Crippen LogP contribution is 2.36. The van der Waals surface area contributed by atoms with E-state index >= 15 is 0 Å². The number of aliphatic hydroxyl groups is 1. The lowest BCUT2D eigenvalue weighted by molar-refractivity contribution is 0.275. The van der Waals surface area contributed by atoms with Gasteiger partial charge in [-0.25, -0.2) is 0 Å². The van der Waals surface area contributed by atoms with Crippen molar-refractivity contribution in [2.24, 2.45) is 11.7 Å². The number of fused-ring (bicyclic) bond motifs is 1. The summed E-state index contributed by atoms with van der Waals surface area (Å²) in [5, 5.41) is 9.59. The van der Waals surface area contributed by atoms with Gasteiger partial charge in [0.15, 0.2) is 11.5 Å². The first-order valence-corrected chi connectivity index (χ1v) is 8.41. The van der Waals surface area contributed by atoms with Crippen LogP contribution in [0, 0.1) is 5.92 Å². The monoisotopic (exact) mass is 311 g/mol. The van der Waals surface area contributed by atoms with Crippen LogP contribution >= 0.6 is 11.8 Å². The number of ether oxygens (including phenoxy) is 2. The predicted molar refractivity (Wildman–Crippen MR) is 86.2 cm³/mol. The van der Waals surface area contributed by atoms with Crippen LogP contribution < -0.4 is 15.2 Å². The van der Waals surface area contributed by atoms with Crippen molar-refractivity contribution in [1.29, 1.82) is 0 Å². The molecule has 0 aliphatic carbocycles. The lowest BCUT2D eigenvalue weighted by Gasteiger charge is -2.23. The van der Waals surface area contributed by atoms with Crippen LogP contribution in [0.2, 0.25) is 0 Å². The van der Waals surface area contributed by atoms with Crippen molar-refractivity contribution in [3.8, 4) is 11.5 Å². The van der Waals surface area contributed by atoms with E-state index in [1.165, 1.54) is 0 Å². The molecule has 2 rings (SSSR count). The number of thioether (sulfide) groups is 1. The molecular formula is C16H25NO3S. The van der Waals surface area contributed by atoms with Gasteiger partial charge in [-0.15, -0.1) is 11.8 Å². The Morgan fingerprint density at radius 3 is 2.62 bits per heavy atom. The summed E-state index contributed by atoms with van der Waals surface area (Å²) < 4.78 is 11.3. The minimum absolute atomic E-state index is 0.00264. The molecule has 1 aliphatic rings. The third kappa shape index (κ3) is 4.80. The van der Waals surface area contributed by atoms with Crippen molar-refractivity contribution in [2.45, 2.75) is 42.9 Å². The molecule has 3 N–H and O–H groups in total. The van der Waals surface area contributed by atoms with Crippen LogP contribution in [0.15, 0.2) is 23.1 Å². The number of aliphatic hydroxyl groups excluding tert-OH is 1. The van der Waals surface area contributed by atoms with E-state index in [0.29, 0.717) is 19.1 Å². The third-order valence-corrected chi connectivity index (χ3v) is 4.74. The maximum atomic E-state index is 9.60. The second-order valence-electron chi connectivity index (χ2n) is 5.79. The van der Waals surface area contributed by atoms with Crippen LogP contribution in [0.1, 0.15) is 26.7 Å². The van der Waals surface area contributed by atoms with Crippen molar-refractivity contribution in [3.05, 3.63) is 18.2 Å². The Labute approximate surface area is 131 Å². The molecule has 0 aromatic heterocycles. The van der Waals surface area contributed by atoms with Crippen LogP contribution in [0.25, 0.3) is 0 Å². The molecule has 1 aromatic carbocycles. The fourth-order valence-corrected chi connectivity index (χ4v) is 3.38. The first-order valence-electron chi connectivity index (χ1n) is 7.53. The molecule has 0 amide bonds. The Bertz CT molecular complexity index is 453. The van der Waals surface area contributed by atoms with E-state index in [1.54, 1.807) is 11.8 Å². The largest absolute Gasteiger partial charge is 0.490 e. The summed E-state index contributed by atoms with van der Waals surface area (Å²) in [5.41, 5.74) is 6.20. The molecule has 5 heteroatoms. The van der Waals surface area contributed by atoms with Crippen LogP contribution in [0.3, 0.4) is 0 Å². The van der Waals surface area contributed by atoms with Crippen molar-refractivity contribution in [2.75, 3.05) is 19.8 Å². The van der Waals surface area contributed by atoms with Crippen molar-refractivity contribution in [3.63, 3.8) is 0 Å². The molecule has 0 fully saturated rings. The van der Waals surface area contributed by atoms with Gasteiger partial charge in [-0.1, -0.05) is 13.8 Å². The molecule has 0 saturated heterocycles. The van der Waals surface area contributed by atoms with Gasteiger partial charge in [-0.2, -0.15) is 0 Å². The molecular weight excluding hydrogens is 286 g/mol. The summed E-state index contributed by atoms with van der Waals surface area (Å²) >= 11 is 1.61. The number of benzene rings is 1. The maximum Gasteiger partial charge on any atom is 0.162 e. The summed E-state index contributed by atoms with van der Waals surface area (Å²) in [6.07, 6.45) is 1.80. The first-order chi connectivity index (χ1) is 10.1. The van der Waals surface area contributed by atoms with Gasteiger partial charge in [0, 0.05) is 22.6 Å². The van der Waals surface area contributed by atoms with Gasteiger partial charge in [-0.05, 0) is 30.5 Å². The molecule has 2 atom stereocenters. The van der Waals surface area contributed by atoms with E-state index in [2.05, 4.69) is 13.8 Å². The van der Waals surface area contributed by atoms with Gasteiger partial charge >= 0.3 is 0 Å². The first kappa shape index (κ1) is 16.5. The number of nitrogens with two attached hydrogens (primary N) is 1. The Hall–Kier alpha value is -0.910. The number of hydrogen-bond acceptors (Lipinski definition) is 5. The van der Waals surface area contributed by atoms with Crippen molar-refractivity contribution < 1.29 is 14.6 Å². The smallest absolute Gasteiger partial charge is 0.162 e. The lowest BCUT2D eigenvalue weighted by atomic mass is 10.0. The van der Waals surface area contributed by atoms with E-state index in [4.69, 9.17) is 15.2 Å². The van der Waals surface area contributed by atoms with E-state index in [9.17, 15) is 5.11 Å². The zero-order valence-electron chi connectivity index (χ0n) is 12.7. The fourth-order valence-electron chi connectivity index (χ4n) is 2.35. The molecule has 1 aliphatic heterocycles. The van der Waals surface area contributed by atoms with E-state index in [-0.39, 0.29) is 17.9 Å². The average molecular weight is 311 g/mol. The van der Waals surface area contributed by atoms with Crippen LogP contribution in [-0.2, 0) is 0 Å². The van der Waals surface area contributed by atoms with Crippen LogP contribution in [0.5, 0.6) is 11.5 Å². The third-order valence-electron chi connectivity index (χ3n) is 3.41. The van der Waals surface area contributed by atoms with Crippen molar-refractivity contribution >= 4 is 11.8 Å². The molecule has 21 heavy (non-hydrogen) atoms. The zero-order valence-corrected chi connectivity index (χ0v) is 13.6. The molecule has 0 saturated carbocycles. The summed E-state index contributed by atoms with van der Waals surface area (Å²) in [6.45, 7) is 5.74. The van der Waals surface area contributed by atoms with Gasteiger partial charge in [-0.3, -0.25) is 0 Å². The minimum atomic E-state index is -0.0176. The molecule has 118 valence electrons. The van der Waals surface area contributed by atoms with Crippen LogP contribution in [0.4, 0.5) is 0 Å². The average Bonchev–Trinajstić information content (AvgIpc) is 2.68. The topological polar surface area (TPSA) is 64.7 Å². The quantitative estimate of drug-likeness (QED) is 0.791. The standard InChI is InChI=1S/C16H25NO3S/c1-11(2)8-13(17)16(10-18)21-12-4-5-14-15(9-12)20-7-3-6-19-14/h4-5,9,11,13,16,18H,3,6-8,10,17H2,1-2H3. The van der Waals surface area contributed by atoms with Gasteiger partial charge in [0.25, 0.3) is 0 Å². The summed E-state index contributed by atoms with van der Waals surface area (Å²) in [6, 6.07) is 5.90. The second kappa shape index (κ2) is 7.92. The second-order valence-corrected chi connectivity index (χ2v) is 7.10. The molecule has 0 spiro atoms. The predicted octanol–water partition coefficient (Wildman–Crippen LogP) is 2.67. The maximum absolute atomic E-state index is 9.60. The van der Waals surface area contributed by atoms with Crippen LogP contribution in [-0.4, -0.2) is 36.2 Å². The SMILES string of the molecule is CC(C)CC(N)C(CO)Sc1ccc2c(c1)OCCCO2. The molecule has 1 heterocycles. The van der Waals surface area contributed by atoms with Gasteiger partial charge in [0.1, 0.15) is 0 Å². The summed E-state index contributed by atoms with van der Waals surface area (Å²) in [7, 11) is 0. The highest BCUT2D eigenvalue weighted by Gasteiger charge is 2.20. The Morgan fingerprint density at radius 1 is 1.24 bits per heavy atom. The van der Waals surface area contributed by atoms with Gasteiger partial charge < -0.3 is 20.3 Å². The summed E-state index contributed by atoms with van der Waals surface area (Å²) in [4.78, 5) is 1.05. The Kier molecular flexibility index (Phi) is 6.21.